The zero-order chi connectivity index (χ0) is 13.0. The van der Waals surface area contributed by atoms with Crippen molar-refractivity contribution in [2.75, 3.05) is 5.32 Å². The average molecular weight is 325 g/mol. The Morgan fingerprint density at radius 3 is 2.78 bits per heavy atom. The van der Waals surface area contributed by atoms with Gasteiger partial charge < -0.3 is 5.32 Å². The van der Waals surface area contributed by atoms with E-state index in [-0.39, 0.29) is 0 Å². The van der Waals surface area contributed by atoms with E-state index in [4.69, 9.17) is 11.6 Å². The predicted octanol–water partition coefficient (Wildman–Crippen LogP) is 5.28. The van der Waals surface area contributed by atoms with Crippen LogP contribution in [0.1, 0.15) is 18.1 Å². The fraction of sp³-hybridized carbons (Fsp3) is 0.200. The Morgan fingerprint density at radius 2 is 2.00 bits per heavy atom. The lowest BCUT2D eigenvalue weighted by Crippen LogP contribution is -2.00. The van der Waals surface area contributed by atoms with Gasteiger partial charge >= 0.3 is 0 Å². The standard InChI is InChI=1S/C15H15BrClN/c1-2-11-4-3-5-14(8-11)18-10-12-9-13(17)6-7-15(12)16/h3-9,18H,2,10H2,1H3. The van der Waals surface area contributed by atoms with E-state index in [1.807, 2.05) is 18.2 Å². The monoisotopic (exact) mass is 323 g/mol. The van der Waals surface area contributed by atoms with Crippen LogP contribution in [0.3, 0.4) is 0 Å². The van der Waals surface area contributed by atoms with E-state index in [1.54, 1.807) is 0 Å². The van der Waals surface area contributed by atoms with Crippen LogP contribution >= 0.6 is 27.5 Å². The van der Waals surface area contributed by atoms with Crippen LogP contribution < -0.4 is 5.32 Å². The highest BCUT2D eigenvalue weighted by atomic mass is 79.9. The molecule has 0 bridgehead atoms. The maximum atomic E-state index is 6.00. The summed E-state index contributed by atoms with van der Waals surface area (Å²) in [5.41, 5.74) is 3.63. The Kier molecular flexibility index (Phi) is 4.67. The molecule has 94 valence electrons. The van der Waals surface area contributed by atoms with Crippen molar-refractivity contribution in [3.05, 3.63) is 63.1 Å². The van der Waals surface area contributed by atoms with E-state index in [0.29, 0.717) is 0 Å². The highest BCUT2D eigenvalue weighted by Gasteiger charge is 2.01. The second kappa shape index (κ2) is 6.26. The van der Waals surface area contributed by atoms with E-state index >= 15 is 0 Å². The van der Waals surface area contributed by atoms with Crippen molar-refractivity contribution >= 4 is 33.2 Å². The van der Waals surface area contributed by atoms with E-state index in [9.17, 15) is 0 Å². The lowest BCUT2D eigenvalue weighted by molar-refractivity contribution is 1.11. The molecule has 0 aliphatic carbocycles. The smallest absolute Gasteiger partial charge is 0.0412 e. The van der Waals surface area contributed by atoms with Crippen molar-refractivity contribution in [1.29, 1.82) is 0 Å². The van der Waals surface area contributed by atoms with Gasteiger partial charge in [-0.2, -0.15) is 0 Å². The molecule has 0 atom stereocenters. The number of nitrogens with one attached hydrogen (secondary N) is 1. The SMILES string of the molecule is CCc1cccc(NCc2cc(Cl)ccc2Br)c1. The molecule has 0 spiro atoms. The highest BCUT2D eigenvalue weighted by Crippen LogP contribution is 2.22. The molecule has 0 heterocycles. The number of aryl methyl sites for hydroxylation is 1. The summed E-state index contributed by atoms with van der Waals surface area (Å²) in [6.07, 6.45) is 1.05. The van der Waals surface area contributed by atoms with Gasteiger partial charge in [-0.15, -0.1) is 0 Å². The molecule has 2 aromatic carbocycles. The molecule has 0 saturated carbocycles. The van der Waals surface area contributed by atoms with Gasteiger partial charge in [-0.3, -0.25) is 0 Å². The second-order valence-electron chi connectivity index (χ2n) is 4.14. The summed E-state index contributed by atoms with van der Waals surface area (Å²) in [4.78, 5) is 0. The zero-order valence-corrected chi connectivity index (χ0v) is 12.6. The minimum Gasteiger partial charge on any atom is -0.381 e. The molecule has 2 rings (SSSR count). The third-order valence-electron chi connectivity index (χ3n) is 2.83. The number of rotatable bonds is 4. The number of anilines is 1. The first kappa shape index (κ1) is 13.4. The van der Waals surface area contributed by atoms with E-state index < -0.39 is 0 Å². The molecular formula is C15H15BrClN. The first-order chi connectivity index (χ1) is 8.69. The largest absolute Gasteiger partial charge is 0.381 e. The van der Waals surface area contributed by atoms with Crippen LogP contribution in [-0.4, -0.2) is 0 Å². The summed E-state index contributed by atoms with van der Waals surface area (Å²) in [6, 6.07) is 14.3. The molecule has 3 heteroatoms. The third-order valence-corrected chi connectivity index (χ3v) is 3.83. The van der Waals surface area contributed by atoms with Gasteiger partial charge in [0.15, 0.2) is 0 Å². The van der Waals surface area contributed by atoms with Gasteiger partial charge in [-0.1, -0.05) is 46.6 Å². The van der Waals surface area contributed by atoms with Crippen molar-refractivity contribution in [2.24, 2.45) is 0 Å². The van der Waals surface area contributed by atoms with Crippen molar-refractivity contribution < 1.29 is 0 Å². The normalized spacial score (nSPS) is 10.4. The number of hydrogen-bond acceptors (Lipinski definition) is 1. The van der Waals surface area contributed by atoms with Gasteiger partial charge in [0, 0.05) is 21.7 Å². The summed E-state index contributed by atoms with van der Waals surface area (Å²) in [7, 11) is 0. The quantitative estimate of drug-likeness (QED) is 0.807. The summed E-state index contributed by atoms with van der Waals surface area (Å²) >= 11 is 9.53. The topological polar surface area (TPSA) is 12.0 Å². The Hall–Kier alpha value is -0.990. The van der Waals surface area contributed by atoms with E-state index in [2.05, 4.69) is 52.4 Å². The molecule has 0 aliphatic rings. The molecule has 0 unspecified atom stereocenters. The van der Waals surface area contributed by atoms with Gasteiger partial charge in [0.25, 0.3) is 0 Å². The summed E-state index contributed by atoms with van der Waals surface area (Å²) < 4.78 is 1.08. The van der Waals surface area contributed by atoms with Crippen LogP contribution in [-0.2, 0) is 13.0 Å². The Labute approximate surface area is 121 Å². The molecule has 0 fully saturated rings. The lowest BCUT2D eigenvalue weighted by Gasteiger charge is -2.09. The van der Waals surface area contributed by atoms with Gasteiger partial charge in [-0.25, -0.2) is 0 Å². The minimum absolute atomic E-state index is 0.758. The van der Waals surface area contributed by atoms with Crippen molar-refractivity contribution in [3.8, 4) is 0 Å². The van der Waals surface area contributed by atoms with Crippen molar-refractivity contribution in [3.63, 3.8) is 0 Å². The summed E-state index contributed by atoms with van der Waals surface area (Å²) in [5, 5.41) is 4.18. The molecule has 0 saturated heterocycles. The van der Waals surface area contributed by atoms with Crippen LogP contribution in [0.2, 0.25) is 5.02 Å². The molecule has 0 radical (unpaired) electrons. The Balaban J connectivity index is 2.08. The maximum Gasteiger partial charge on any atom is 0.0412 e. The zero-order valence-electron chi connectivity index (χ0n) is 10.2. The fourth-order valence-corrected chi connectivity index (χ4v) is 2.36. The molecule has 2 aromatic rings. The first-order valence-corrected chi connectivity index (χ1v) is 7.13. The van der Waals surface area contributed by atoms with Crippen molar-refractivity contribution in [1.82, 2.24) is 0 Å². The van der Waals surface area contributed by atoms with Crippen LogP contribution in [0.4, 0.5) is 5.69 Å². The first-order valence-electron chi connectivity index (χ1n) is 5.96. The van der Waals surface area contributed by atoms with E-state index in [1.165, 1.54) is 5.56 Å². The van der Waals surface area contributed by atoms with Gasteiger partial charge in [0.05, 0.1) is 0 Å². The maximum absolute atomic E-state index is 6.00. The number of benzene rings is 2. The second-order valence-corrected chi connectivity index (χ2v) is 5.43. The highest BCUT2D eigenvalue weighted by molar-refractivity contribution is 9.10. The Morgan fingerprint density at radius 1 is 1.17 bits per heavy atom. The molecule has 0 aliphatic heterocycles. The molecule has 0 amide bonds. The van der Waals surface area contributed by atoms with Crippen molar-refractivity contribution in [2.45, 2.75) is 19.9 Å². The van der Waals surface area contributed by atoms with Crippen LogP contribution in [0, 0.1) is 0 Å². The molecule has 18 heavy (non-hydrogen) atoms. The summed E-state index contributed by atoms with van der Waals surface area (Å²) in [5.74, 6) is 0. The molecule has 1 N–H and O–H groups in total. The Bertz CT molecular complexity index is 540. The molecule has 0 aromatic heterocycles. The number of halogens is 2. The summed E-state index contributed by atoms with van der Waals surface area (Å²) in [6.45, 7) is 2.92. The average Bonchev–Trinajstić information content (AvgIpc) is 2.40. The molecular weight excluding hydrogens is 310 g/mol. The fourth-order valence-electron chi connectivity index (χ4n) is 1.78. The van der Waals surface area contributed by atoms with E-state index in [0.717, 1.165) is 33.7 Å². The minimum atomic E-state index is 0.758. The van der Waals surface area contributed by atoms with Gasteiger partial charge in [0.1, 0.15) is 0 Å². The molecule has 1 nitrogen and oxygen atoms in total. The lowest BCUT2D eigenvalue weighted by atomic mass is 10.1. The van der Waals surface area contributed by atoms with Crippen LogP contribution in [0.15, 0.2) is 46.9 Å². The predicted molar refractivity (Wildman–Crippen MR) is 82.3 cm³/mol. The van der Waals surface area contributed by atoms with Crippen LogP contribution in [0.25, 0.3) is 0 Å². The third kappa shape index (κ3) is 3.50. The van der Waals surface area contributed by atoms with Gasteiger partial charge in [-0.05, 0) is 47.9 Å². The number of hydrogen-bond donors (Lipinski definition) is 1. The van der Waals surface area contributed by atoms with Gasteiger partial charge in [0.2, 0.25) is 0 Å². The van der Waals surface area contributed by atoms with Crippen LogP contribution in [0.5, 0.6) is 0 Å².